The molecule has 7 heteroatoms. The van der Waals surface area contributed by atoms with E-state index in [9.17, 15) is 9.59 Å². The van der Waals surface area contributed by atoms with Gasteiger partial charge in [0.1, 0.15) is 17.3 Å². The molecular weight excluding hydrogens is 400 g/mol. The van der Waals surface area contributed by atoms with Crippen LogP contribution in [-0.2, 0) is 0 Å². The summed E-state index contributed by atoms with van der Waals surface area (Å²) >= 11 is 0. The monoisotopic (exact) mass is 418 g/mol. The van der Waals surface area contributed by atoms with Crippen LogP contribution in [0.1, 0.15) is 32.9 Å². The zero-order valence-electron chi connectivity index (χ0n) is 16.5. The van der Waals surface area contributed by atoms with E-state index >= 15 is 0 Å². The SMILES string of the molecule is O=C(COc1ccc2c(c1)O/C(=C/c1ccco1)C2=O)c1ccc2c(c1)OCCCO2. The van der Waals surface area contributed by atoms with Gasteiger partial charge in [-0.15, -0.1) is 0 Å². The lowest BCUT2D eigenvalue weighted by Crippen LogP contribution is -2.12. The normalized spacial score (nSPS) is 15.9. The van der Waals surface area contributed by atoms with Gasteiger partial charge in [-0.1, -0.05) is 0 Å². The van der Waals surface area contributed by atoms with E-state index in [4.69, 9.17) is 23.4 Å². The van der Waals surface area contributed by atoms with Crippen LogP contribution in [0.2, 0.25) is 0 Å². The van der Waals surface area contributed by atoms with Crippen LogP contribution >= 0.6 is 0 Å². The summed E-state index contributed by atoms with van der Waals surface area (Å²) in [7, 11) is 0. The highest BCUT2D eigenvalue weighted by molar-refractivity contribution is 6.14. The number of carbonyl (C=O) groups is 2. The van der Waals surface area contributed by atoms with Crippen molar-refractivity contribution in [1.29, 1.82) is 0 Å². The highest BCUT2D eigenvalue weighted by atomic mass is 16.5. The summed E-state index contributed by atoms with van der Waals surface area (Å²) in [6.07, 6.45) is 3.85. The van der Waals surface area contributed by atoms with Crippen LogP contribution in [0.15, 0.2) is 65.0 Å². The van der Waals surface area contributed by atoms with E-state index in [1.807, 2.05) is 0 Å². The summed E-state index contributed by atoms with van der Waals surface area (Å²) in [5.74, 6) is 2.25. The van der Waals surface area contributed by atoms with Crippen molar-refractivity contribution < 1.29 is 33.0 Å². The first-order chi connectivity index (χ1) is 15.2. The van der Waals surface area contributed by atoms with Gasteiger partial charge in [-0.05, 0) is 42.5 Å². The van der Waals surface area contributed by atoms with Crippen LogP contribution in [0.3, 0.4) is 0 Å². The largest absolute Gasteiger partial charge is 0.490 e. The van der Waals surface area contributed by atoms with Crippen LogP contribution in [0.4, 0.5) is 0 Å². The molecule has 2 aliphatic heterocycles. The average Bonchev–Trinajstić information content (AvgIpc) is 3.32. The van der Waals surface area contributed by atoms with E-state index < -0.39 is 0 Å². The van der Waals surface area contributed by atoms with Crippen molar-refractivity contribution in [2.24, 2.45) is 0 Å². The Balaban J connectivity index is 1.27. The van der Waals surface area contributed by atoms with Crippen molar-refractivity contribution in [2.45, 2.75) is 6.42 Å². The maximum Gasteiger partial charge on any atom is 0.232 e. The smallest absolute Gasteiger partial charge is 0.232 e. The maximum atomic E-state index is 12.6. The second-order valence-electron chi connectivity index (χ2n) is 7.04. The minimum atomic E-state index is -0.235. The van der Waals surface area contributed by atoms with Gasteiger partial charge in [-0.3, -0.25) is 9.59 Å². The second kappa shape index (κ2) is 8.02. The summed E-state index contributed by atoms with van der Waals surface area (Å²) < 4.78 is 27.7. The fraction of sp³-hybridized carbons (Fsp3) is 0.167. The van der Waals surface area contributed by atoms with Crippen LogP contribution in [0, 0.1) is 0 Å². The van der Waals surface area contributed by atoms with Crippen molar-refractivity contribution >= 4 is 17.6 Å². The number of Topliss-reactive ketones (excluding diaryl/α,β-unsaturated/α-hetero) is 2. The predicted octanol–water partition coefficient (Wildman–Crippen LogP) is 4.32. The standard InChI is InChI=1S/C24H18O7/c25-19(15-4-7-20-22(11-15)29-10-2-9-28-20)14-30-17-5-6-18-21(12-17)31-23(24(18)26)13-16-3-1-8-27-16/h1,3-8,11-13H,2,9-10,14H2/b23-13+. The molecule has 0 atom stereocenters. The van der Waals surface area contributed by atoms with E-state index in [0.717, 1.165) is 6.42 Å². The first-order valence-corrected chi connectivity index (χ1v) is 9.85. The van der Waals surface area contributed by atoms with E-state index in [2.05, 4.69) is 0 Å². The zero-order chi connectivity index (χ0) is 21.2. The molecule has 0 saturated heterocycles. The number of fused-ring (bicyclic) bond motifs is 2. The number of ketones is 2. The number of benzene rings is 2. The molecule has 0 unspecified atom stereocenters. The number of allylic oxidation sites excluding steroid dienone is 1. The molecule has 2 aliphatic rings. The third-order valence-electron chi connectivity index (χ3n) is 4.90. The zero-order valence-corrected chi connectivity index (χ0v) is 16.5. The molecule has 1 aromatic heterocycles. The summed E-state index contributed by atoms with van der Waals surface area (Å²) in [5, 5.41) is 0. The molecule has 0 fully saturated rings. The molecule has 31 heavy (non-hydrogen) atoms. The van der Waals surface area contributed by atoms with Crippen LogP contribution in [0.5, 0.6) is 23.0 Å². The quantitative estimate of drug-likeness (QED) is 0.451. The van der Waals surface area contributed by atoms with Gasteiger partial charge in [0.05, 0.1) is 25.0 Å². The molecular formula is C24H18O7. The Labute approximate surface area is 177 Å². The number of hydrogen-bond donors (Lipinski definition) is 0. The van der Waals surface area contributed by atoms with Crippen molar-refractivity contribution in [3.8, 4) is 23.0 Å². The molecule has 0 saturated carbocycles. The summed E-state index contributed by atoms with van der Waals surface area (Å²) in [6.45, 7) is 0.970. The fourth-order valence-corrected chi connectivity index (χ4v) is 3.33. The molecule has 0 bridgehead atoms. The Morgan fingerprint density at radius 2 is 1.87 bits per heavy atom. The molecule has 0 radical (unpaired) electrons. The lowest BCUT2D eigenvalue weighted by atomic mass is 10.1. The first-order valence-electron chi connectivity index (χ1n) is 9.85. The molecule has 0 aliphatic carbocycles. The van der Waals surface area contributed by atoms with Crippen molar-refractivity contribution in [3.63, 3.8) is 0 Å². The van der Waals surface area contributed by atoms with Gasteiger partial charge in [0.15, 0.2) is 29.6 Å². The molecule has 0 amide bonds. The minimum Gasteiger partial charge on any atom is -0.490 e. The summed E-state index contributed by atoms with van der Waals surface area (Å²) in [4.78, 5) is 25.1. The predicted molar refractivity (Wildman–Crippen MR) is 110 cm³/mol. The summed E-state index contributed by atoms with van der Waals surface area (Å²) in [6, 6.07) is 13.4. The highest BCUT2D eigenvalue weighted by Crippen LogP contribution is 2.35. The topological polar surface area (TPSA) is 84.2 Å². The van der Waals surface area contributed by atoms with E-state index in [0.29, 0.717) is 53.1 Å². The lowest BCUT2D eigenvalue weighted by Gasteiger charge is -2.10. The maximum absolute atomic E-state index is 12.6. The Hall–Kier alpha value is -4.00. The van der Waals surface area contributed by atoms with Gasteiger partial charge in [0.25, 0.3) is 0 Å². The molecule has 5 rings (SSSR count). The Morgan fingerprint density at radius 3 is 2.71 bits per heavy atom. The van der Waals surface area contributed by atoms with Gasteiger partial charge in [-0.25, -0.2) is 0 Å². The Morgan fingerprint density at radius 1 is 1.00 bits per heavy atom. The average molecular weight is 418 g/mol. The number of carbonyl (C=O) groups excluding carboxylic acids is 2. The molecule has 156 valence electrons. The number of rotatable bonds is 5. The van der Waals surface area contributed by atoms with Gasteiger partial charge < -0.3 is 23.4 Å². The first kappa shape index (κ1) is 19.0. The molecule has 3 heterocycles. The number of hydrogen-bond acceptors (Lipinski definition) is 7. The van der Waals surface area contributed by atoms with Gasteiger partial charge in [0.2, 0.25) is 5.78 Å². The number of furan rings is 1. The third-order valence-corrected chi connectivity index (χ3v) is 4.90. The Kier molecular flexibility index (Phi) is 4.92. The molecule has 7 nitrogen and oxygen atoms in total. The lowest BCUT2D eigenvalue weighted by molar-refractivity contribution is 0.0920. The minimum absolute atomic E-state index is 0.165. The van der Waals surface area contributed by atoms with E-state index in [1.165, 1.54) is 12.3 Å². The molecule has 2 aromatic carbocycles. The van der Waals surface area contributed by atoms with Crippen LogP contribution in [-0.4, -0.2) is 31.4 Å². The van der Waals surface area contributed by atoms with Gasteiger partial charge in [0, 0.05) is 24.1 Å². The second-order valence-corrected chi connectivity index (χ2v) is 7.04. The van der Waals surface area contributed by atoms with Crippen molar-refractivity contribution in [2.75, 3.05) is 19.8 Å². The van der Waals surface area contributed by atoms with Gasteiger partial charge in [-0.2, -0.15) is 0 Å². The number of ether oxygens (including phenoxy) is 4. The van der Waals surface area contributed by atoms with E-state index in [-0.39, 0.29) is 23.9 Å². The van der Waals surface area contributed by atoms with Crippen LogP contribution in [0.25, 0.3) is 6.08 Å². The van der Waals surface area contributed by atoms with Gasteiger partial charge >= 0.3 is 0 Å². The molecule has 0 spiro atoms. The molecule has 0 N–H and O–H groups in total. The van der Waals surface area contributed by atoms with Crippen molar-refractivity contribution in [1.82, 2.24) is 0 Å². The van der Waals surface area contributed by atoms with Crippen LogP contribution < -0.4 is 18.9 Å². The third kappa shape index (κ3) is 3.90. The fourth-order valence-electron chi connectivity index (χ4n) is 3.33. The Bertz CT molecular complexity index is 1170. The highest BCUT2D eigenvalue weighted by Gasteiger charge is 2.28. The van der Waals surface area contributed by atoms with E-state index in [1.54, 1.807) is 48.5 Å². The molecule has 3 aromatic rings. The summed E-state index contributed by atoms with van der Waals surface area (Å²) in [5.41, 5.74) is 0.903. The van der Waals surface area contributed by atoms with Crippen molar-refractivity contribution in [3.05, 3.63) is 77.4 Å².